The summed E-state index contributed by atoms with van der Waals surface area (Å²) in [6.45, 7) is 1.75. The van der Waals surface area contributed by atoms with Crippen molar-refractivity contribution in [2.24, 2.45) is 0 Å². The zero-order valence-electron chi connectivity index (χ0n) is 9.54. The highest BCUT2D eigenvalue weighted by molar-refractivity contribution is 9.09. The van der Waals surface area contributed by atoms with Crippen molar-refractivity contribution in [2.75, 3.05) is 25.0 Å². The van der Waals surface area contributed by atoms with Gasteiger partial charge in [0, 0.05) is 24.0 Å². The molecule has 6 heteroatoms. The largest absolute Gasteiger partial charge is 0.374 e. The lowest BCUT2D eigenvalue weighted by atomic mass is 10.2. The Morgan fingerprint density at radius 1 is 1.44 bits per heavy atom. The maximum Gasteiger partial charge on any atom is 0.254 e. The number of alkyl halides is 1. The number of hydrogen-bond donors (Lipinski definition) is 0. The number of morpholine rings is 1. The summed E-state index contributed by atoms with van der Waals surface area (Å²) in [6.07, 6.45) is 0.0467. The Morgan fingerprint density at radius 2 is 2.22 bits per heavy atom. The van der Waals surface area contributed by atoms with Crippen LogP contribution in [0.4, 0.5) is 0 Å². The number of carbonyl (C=O) groups is 1. The molecule has 98 valence electrons. The lowest BCUT2D eigenvalue weighted by Gasteiger charge is -2.32. The van der Waals surface area contributed by atoms with E-state index in [0.717, 1.165) is 5.33 Å². The Morgan fingerprint density at radius 3 is 2.89 bits per heavy atom. The first-order valence-corrected chi connectivity index (χ1v) is 7.41. The molecule has 1 aromatic carbocycles. The fourth-order valence-electron chi connectivity index (χ4n) is 1.81. The van der Waals surface area contributed by atoms with Crippen molar-refractivity contribution < 1.29 is 9.53 Å². The molecule has 0 aliphatic carbocycles. The van der Waals surface area contributed by atoms with E-state index in [1.54, 1.807) is 23.1 Å². The first kappa shape index (κ1) is 14.1. The van der Waals surface area contributed by atoms with Crippen molar-refractivity contribution in [1.82, 2.24) is 4.90 Å². The first-order valence-electron chi connectivity index (χ1n) is 5.53. The highest BCUT2D eigenvalue weighted by Gasteiger charge is 2.24. The summed E-state index contributed by atoms with van der Waals surface area (Å²) in [6, 6.07) is 4.93. The highest BCUT2D eigenvalue weighted by Crippen LogP contribution is 2.23. The van der Waals surface area contributed by atoms with E-state index < -0.39 is 0 Å². The van der Waals surface area contributed by atoms with Gasteiger partial charge in [0.05, 0.1) is 22.8 Å². The summed E-state index contributed by atoms with van der Waals surface area (Å²) < 4.78 is 5.50. The molecule has 18 heavy (non-hydrogen) atoms. The van der Waals surface area contributed by atoms with Crippen LogP contribution in [-0.4, -0.2) is 41.9 Å². The monoisotopic (exact) mass is 351 g/mol. The van der Waals surface area contributed by atoms with Crippen molar-refractivity contribution in [2.45, 2.75) is 6.10 Å². The van der Waals surface area contributed by atoms with Crippen LogP contribution >= 0.6 is 39.1 Å². The van der Waals surface area contributed by atoms with Crippen LogP contribution < -0.4 is 0 Å². The molecule has 0 bridgehead atoms. The quantitative estimate of drug-likeness (QED) is 0.765. The van der Waals surface area contributed by atoms with Crippen molar-refractivity contribution in [3.8, 4) is 0 Å². The topological polar surface area (TPSA) is 29.5 Å². The summed E-state index contributed by atoms with van der Waals surface area (Å²) in [4.78, 5) is 14.1. The highest BCUT2D eigenvalue weighted by atomic mass is 79.9. The normalized spacial score (nSPS) is 19.9. The van der Waals surface area contributed by atoms with Crippen LogP contribution in [0.5, 0.6) is 0 Å². The summed E-state index contributed by atoms with van der Waals surface area (Å²) >= 11 is 15.1. The van der Waals surface area contributed by atoms with E-state index in [0.29, 0.717) is 35.3 Å². The van der Waals surface area contributed by atoms with Crippen LogP contribution in [-0.2, 0) is 4.74 Å². The van der Waals surface area contributed by atoms with E-state index in [1.807, 2.05) is 0 Å². The number of carbonyl (C=O) groups excluding carboxylic acids is 1. The van der Waals surface area contributed by atoms with Gasteiger partial charge in [0.2, 0.25) is 0 Å². The molecule has 0 radical (unpaired) electrons. The molecule has 1 amide bonds. The molecule has 1 saturated heterocycles. The van der Waals surface area contributed by atoms with Gasteiger partial charge in [-0.25, -0.2) is 0 Å². The molecule has 3 nitrogen and oxygen atoms in total. The number of nitrogens with zero attached hydrogens (tertiary/aromatic N) is 1. The number of benzene rings is 1. The van der Waals surface area contributed by atoms with Gasteiger partial charge in [-0.1, -0.05) is 39.1 Å². The molecule has 1 heterocycles. The van der Waals surface area contributed by atoms with E-state index in [-0.39, 0.29) is 12.0 Å². The maximum atomic E-state index is 12.3. The number of rotatable bonds is 2. The molecule has 1 aromatic rings. The predicted octanol–water partition coefficient (Wildman–Crippen LogP) is 3.23. The van der Waals surface area contributed by atoms with Crippen LogP contribution in [0.2, 0.25) is 10.0 Å². The van der Waals surface area contributed by atoms with Crippen LogP contribution in [0.3, 0.4) is 0 Å². The standard InChI is InChI=1S/C12H12BrCl2NO2/c13-6-9-7-16(3-4-18-9)12(17)8-1-2-10(14)11(15)5-8/h1-2,5,9H,3-4,6-7H2. The zero-order chi connectivity index (χ0) is 13.1. The third kappa shape index (κ3) is 3.18. The van der Waals surface area contributed by atoms with Gasteiger partial charge in [-0.15, -0.1) is 0 Å². The van der Waals surface area contributed by atoms with Gasteiger partial charge in [0.25, 0.3) is 5.91 Å². The second-order valence-electron chi connectivity index (χ2n) is 4.03. The molecule has 1 aliphatic heterocycles. The van der Waals surface area contributed by atoms with Gasteiger partial charge >= 0.3 is 0 Å². The molecule has 2 rings (SSSR count). The Labute approximate surface area is 124 Å². The third-order valence-corrected chi connectivity index (χ3v) is 4.23. The van der Waals surface area contributed by atoms with Gasteiger partial charge < -0.3 is 9.64 Å². The molecule has 1 aliphatic rings. The Bertz CT molecular complexity index is 456. The number of amides is 1. The second-order valence-corrected chi connectivity index (χ2v) is 5.49. The van der Waals surface area contributed by atoms with E-state index in [1.165, 1.54) is 0 Å². The molecular formula is C12H12BrCl2NO2. The first-order chi connectivity index (χ1) is 8.61. The summed E-state index contributed by atoms with van der Waals surface area (Å²) in [5.74, 6) is -0.0391. The predicted molar refractivity (Wildman–Crippen MR) is 75.9 cm³/mol. The van der Waals surface area contributed by atoms with Crippen molar-refractivity contribution in [1.29, 1.82) is 0 Å². The van der Waals surface area contributed by atoms with Crippen LogP contribution in [0, 0.1) is 0 Å². The molecular weight excluding hydrogens is 341 g/mol. The molecule has 0 spiro atoms. The lowest BCUT2D eigenvalue weighted by Crippen LogP contribution is -2.46. The Kier molecular flexibility index (Phi) is 4.90. The Balaban J connectivity index is 2.12. The molecule has 0 N–H and O–H groups in total. The maximum absolute atomic E-state index is 12.3. The SMILES string of the molecule is O=C(c1ccc(Cl)c(Cl)c1)N1CCOC(CBr)C1. The third-order valence-electron chi connectivity index (χ3n) is 2.76. The minimum absolute atomic E-state index is 0.0391. The zero-order valence-corrected chi connectivity index (χ0v) is 12.6. The number of halogens is 3. The molecule has 0 aromatic heterocycles. The lowest BCUT2D eigenvalue weighted by molar-refractivity contribution is -0.00964. The smallest absolute Gasteiger partial charge is 0.254 e. The second kappa shape index (κ2) is 6.24. The van der Waals surface area contributed by atoms with Crippen molar-refractivity contribution >= 4 is 45.0 Å². The van der Waals surface area contributed by atoms with Crippen molar-refractivity contribution in [3.05, 3.63) is 33.8 Å². The molecule has 1 unspecified atom stereocenters. The number of ether oxygens (including phenoxy) is 1. The fourth-order valence-corrected chi connectivity index (χ4v) is 2.50. The summed E-state index contributed by atoms with van der Waals surface area (Å²) in [5, 5.41) is 1.57. The molecule has 1 fully saturated rings. The minimum Gasteiger partial charge on any atom is -0.374 e. The minimum atomic E-state index is -0.0391. The summed E-state index contributed by atoms with van der Waals surface area (Å²) in [7, 11) is 0. The average Bonchev–Trinajstić information content (AvgIpc) is 2.41. The van der Waals surface area contributed by atoms with Crippen LogP contribution in [0.25, 0.3) is 0 Å². The molecule has 0 saturated carbocycles. The van der Waals surface area contributed by atoms with Crippen LogP contribution in [0.1, 0.15) is 10.4 Å². The van der Waals surface area contributed by atoms with Gasteiger partial charge in [-0.05, 0) is 18.2 Å². The van der Waals surface area contributed by atoms with Gasteiger partial charge in [0.1, 0.15) is 0 Å². The fraction of sp³-hybridized carbons (Fsp3) is 0.417. The summed E-state index contributed by atoms with van der Waals surface area (Å²) in [5.41, 5.74) is 0.555. The number of hydrogen-bond acceptors (Lipinski definition) is 2. The van der Waals surface area contributed by atoms with E-state index >= 15 is 0 Å². The van der Waals surface area contributed by atoms with Crippen LogP contribution in [0.15, 0.2) is 18.2 Å². The average molecular weight is 353 g/mol. The van der Waals surface area contributed by atoms with E-state index in [9.17, 15) is 4.79 Å². The van der Waals surface area contributed by atoms with Gasteiger partial charge in [0.15, 0.2) is 0 Å². The van der Waals surface area contributed by atoms with E-state index in [2.05, 4.69) is 15.9 Å². The van der Waals surface area contributed by atoms with Gasteiger partial charge in [-0.3, -0.25) is 4.79 Å². The molecule has 1 atom stereocenters. The van der Waals surface area contributed by atoms with E-state index in [4.69, 9.17) is 27.9 Å². The Hall–Kier alpha value is -0.290. The van der Waals surface area contributed by atoms with Gasteiger partial charge in [-0.2, -0.15) is 0 Å². The van der Waals surface area contributed by atoms with Crippen molar-refractivity contribution in [3.63, 3.8) is 0 Å².